The van der Waals surface area contributed by atoms with Crippen molar-refractivity contribution in [2.75, 3.05) is 0 Å². The molecule has 1 N–H and O–H groups in total. The van der Waals surface area contributed by atoms with Gasteiger partial charge in [-0.2, -0.15) is 0 Å². The van der Waals surface area contributed by atoms with Crippen LogP contribution in [0, 0.1) is 12.3 Å². The Morgan fingerprint density at radius 2 is 2.25 bits per heavy atom. The fourth-order valence-electron chi connectivity index (χ4n) is 0. The number of carbonyl (C=O) groups excluding carboxylic acids is 1. The maximum atomic E-state index is 7.45. The quantitative estimate of drug-likeness (QED) is 0.157. The van der Waals surface area contributed by atoms with Crippen molar-refractivity contribution in [1.29, 1.82) is 0 Å². The molecular weight excluding hydrogens is 52.0 g/mol. The van der Waals surface area contributed by atoms with Gasteiger partial charge in [0.05, 0.1) is 0 Å². The molecule has 4 heavy (non-hydrogen) atoms. The number of aldehydes is 1. The predicted octanol–water partition coefficient (Wildman–Crippen LogP) is -0.249. The van der Waals surface area contributed by atoms with Gasteiger partial charge in [0, 0.05) is 0 Å². The van der Waals surface area contributed by atoms with Crippen molar-refractivity contribution in [1.82, 2.24) is 0 Å². The summed E-state index contributed by atoms with van der Waals surface area (Å²) in [6.45, 7) is 0. The van der Waals surface area contributed by atoms with Gasteiger partial charge in [0.15, 0.2) is 0 Å². The summed E-state index contributed by atoms with van der Waals surface area (Å²) in [5.41, 5.74) is 0. The largest absolute Gasteiger partial charge is 0.358 e. The number of hydrogen-bond acceptors (Lipinski definition) is 0. The van der Waals surface area contributed by atoms with Gasteiger partial charge in [0.1, 0.15) is 0 Å². The van der Waals surface area contributed by atoms with Crippen LogP contribution in [-0.4, -0.2) is 11.1 Å². The minimum Gasteiger partial charge on any atom is -0.358 e. The average molecular weight is 54.0 g/mol. The van der Waals surface area contributed by atoms with Gasteiger partial charge in [-0.1, -0.05) is 0 Å². The Balaban J connectivity index is 2.92. The standard InChI is InChI=1S/C3HO/c1-2-3-4/h3H/q-1/p+1. The molecule has 0 saturated heterocycles. The van der Waals surface area contributed by atoms with Crippen molar-refractivity contribution in [3.8, 4) is 5.92 Å². The minimum atomic E-state index is 0.542. The minimum absolute atomic E-state index is 0.542. The molecule has 0 aliphatic heterocycles. The molecule has 0 rings (SSSR count). The Hall–Kier alpha value is -0.770. The molecule has 0 aliphatic carbocycles. The van der Waals surface area contributed by atoms with Crippen LogP contribution in [0.5, 0.6) is 0 Å². The molecule has 0 spiro atoms. The highest BCUT2D eigenvalue weighted by molar-refractivity contribution is 5.70. The van der Waals surface area contributed by atoms with Crippen LogP contribution in [0.2, 0.25) is 0 Å². The molecule has 0 aliphatic rings. The van der Waals surface area contributed by atoms with Gasteiger partial charge in [-0.05, 0) is 0 Å². The van der Waals surface area contributed by atoms with E-state index in [1.807, 2.05) is 0 Å². The van der Waals surface area contributed by atoms with Crippen LogP contribution in [0.15, 0.2) is 0 Å². The van der Waals surface area contributed by atoms with E-state index in [1.165, 1.54) is 0 Å². The van der Waals surface area contributed by atoms with Crippen LogP contribution < -0.4 is 0 Å². The van der Waals surface area contributed by atoms with E-state index < -0.39 is 0 Å². The van der Waals surface area contributed by atoms with E-state index in [9.17, 15) is 0 Å². The number of hydrogen-bond donors (Lipinski definition) is 0. The van der Waals surface area contributed by atoms with Gasteiger partial charge in [-0.25, -0.2) is 5.92 Å². The molecule has 0 heterocycles. The summed E-state index contributed by atoms with van der Waals surface area (Å²) in [5, 5.41) is 0. The van der Waals surface area contributed by atoms with Gasteiger partial charge < -0.3 is 11.2 Å². The monoisotopic (exact) mass is 54.0 g/mol. The topological polar surface area (TPSA) is 21.4 Å². The van der Waals surface area contributed by atoms with Gasteiger partial charge in [-0.15, -0.1) is 0 Å². The van der Waals surface area contributed by atoms with Crippen LogP contribution in [0.4, 0.5) is 0 Å². The first kappa shape index (κ1) is 3.23. The molecular formula is C3H2O. The Morgan fingerprint density at radius 1 is 2.00 bits per heavy atom. The second-order valence-corrected chi connectivity index (χ2v) is 0.273. The predicted molar refractivity (Wildman–Crippen MR) is 15.1 cm³/mol. The molecule has 0 aromatic heterocycles. The van der Waals surface area contributed by atoms with Gasteiger partial charge in [-0.3, -0.25) is 0 Å². The van der Waals surface area contributed by atoms with Crippen LogP contribution in [0.25, 0.3) is 0 Å². The molecule has 0 atom stereocenters. The lowest BCUT2D eigenvalue weighted by molar-refractivity contribution is 0.698. The third-order valence-electron chi connectivity index (χ3n) is 0.0645. The maximum absolute atomic E-state index is 7.45. The third kappa shape index (κ3) is 1.23. The van der Waals surface area contributed by atoms with E-state index in [4.69, 9.17) is 11.2 Å². The molecule has 1 heteroatoms. The summed E-state index contributed by atoms with van der Waals surface area (Å²) < 4.78 is 0. The molecule has 0 fully saturated rings. The molecule has 0 aromatic carbocycles. The first-order valence-electron chi connectivity index (χ1n) is 0.797. The fraction of sp³-hybridized carbons (Fsp3) is 0. The van der Waals surface area contributed by atoms with Crippen molar-refractivity contribution in [3.05, 3.63) is 6.42 Å². The Labute approximate surface area is 24.6 Å². The fourth-order valence-corrected chi connectivity index (χ4v) is 0. The van der Waals surface area contributed by atoms with Crippen molar-refractivity contribution in [3.63, 3.8) is 0 Å². The molecule has 20 valence electrons. The first-order chi connectivity index (χ1) is 1.91. The SMILES string of the molecule is [C-]#CC=[OH+]. The lowest BCUT2D eigenvalue weighted by atomic mass is 10.8. The maximum Gasteiger partial charge on any atom is 0.207 e. The van der Waals surface area contributed by atoms with Crippen molar-refractivity contribution in [2.45, 2.75) is 0 Å². The zero-order chi connectivity index (χ0) is 3.41. The summed E-state index contributed by atoms with van der Waals surface area (Å²) in [4.78, 5) is 7.45. The molecule has 0 bridgehead atoms. The van der Waals surface area contributed by atoms with Gasteiger partial charge in [0.25, 0.3) is 0 Å². The highest BCUT2D eigenvalue weighted by Gasteiger charge is 1.29. The normalized spacial score (nSPS) is 3.75. The molecule has 0 radical (unpaired) electrons. The summed E-state index contributed by atoms with van der Waals surface area (Å²) in [7, 11) is 0. The molecule has 0 aromatic rings. The zero-order valence-corrected chi connectivity index (χ0v) is 2.02. The molecule has 1 nitrogen and oxygen atoms in total. The smallest absolute Gasteiger partial charge is 0.207 e. The van der Waals surface area contributed by atoms with E-state index in [1.54, 1.807) is 5.92 Å². The van der Waals surface area contributed by atoms with Crippen LogP contribution in [-0.2, 0) is 0 Å². The summed E-state index contributed by atoms with van der Waals surface area (Å²) in [5.74, 6) is 1.61. The molecule has 0 unspecified atom stereocenters. The molecule has 0 saturated carbocycles. The summed E-state index contributed by atoms with van der Waals surface area (Å²) in [6, 6.07) is 0. The van der Waals surface area contributed by atoms with Crippen molar-refractivity contribution in [2.24, 2.45) is 0 Å². The van der Waals surface area contributed by atoms with Crippen molar-refractivity contribution >= 4 is 6.29 Å². The van der Waals surface area contributed by atoms with E-state index in [-0.39, 0.29) is 0 Å². The lowest BCUT2D eigenvalue weighted by Gasteiger charge is -1.40. The Kier molecular flexibility index (Phi) is 1.80. The zero-order valence-electron chi connectivity index (χ0n) is 2.02. The van der Waals surface area contributed by atoms with Crippen LogP contribution >= 0.6 is 0 Å². The average Bonchev–Trinajstić information content (AvgIpc) is 1.37. The van der Waals surface area contributed by atoms with Crippen LogP contribution in [0.1, 0.15) is 0 Å². The van der Waals surface area contributed by atoms with E-state index in [0.717, 1.165) is 0 Å². The second-order valence-electron chi connectivity index (χ2n) is 0.273. The van der Waals surface area contributed by atoms with E-state index >= 15 is 0 Å². The first-order valence-corrected chi connectivity index (χ1v) is 0.797. The van der Waals surface area contributed by atoms with E-state index in [0.29, 0.717) is 6.29 Å². The Morgan fingerprint density at radius 3 is 2.25 bits per heavy atom. The third-order valence-corrected chi connectivity index (χ3v) is 0.0645. The van der Waals surface area contributed by atoms with E-state index in [2.05, 4.69) is 0 Å². The molecule has 0 amide bonds. The number of rotatable bonds is 0. The highest BCUT2D eigenvalue weighted by atomic mass is 16.1. The summed E-state index contributed by atoms with van der Waals surface area (Å²) >= 11 is 0. The van der Waals surface area contributed by atoms with Crippen molar-refractivity contribution < 1.29 is 4.79 Å². The van der Waals surface area contributed by atoms with Gasteiger partial charge in [0.2, 0.25) is 6.29 Å². The Bertz CT molecular complexity index is 48.8. The second kappa shape index (κ2) is 2.23. The highest BCUT2D eigenvalue weighted by Crippen LogP contribution is 1.19. The van der Waals surface area contributed by atoms with Crippen LogP contribution in [0.3, 0.4) is 0 Å². The van der Waals surface area contributed by atoms with Gasteiger partial charge >= 0.3 is 0 Å². The lowest BCUT2D eigenvalue weighted by Crippen LogP contribution is -1.48. The summed E-state index contributed by atoms with van der Waals surface area (Å²) in [6.07, 6.45) is 6.44.